The molecule has 0 aromatic heterocycles. The van der Waals surface area contributed by atoms with E-state index in [1.54, 1.807) is 0 Å². The first-order valence-electron chi connectivity index (χ1n) is 22.2. The van der Waals surface area contributed by atoms with Gasteiger partial charge < -0.3 is 34.3 Å². The van der Waals surface area contributed by atoms with Gasteiger partial charge in [-0.2, -0.15) is 8.42 Å². The molecule has 1 aliphatic heterocycles. The fourth-order valence-corrected chi connectivity index (χ4v) is 7.54. The predicted octanol–water partition coefficient (Wildman–Crippen LogP) is 8.67. The first-order chi connectivity index (χ1) is 27.0. The third-order valence-electron chi connectivity index (χ3n) is 10.3. The fraction of sp³-hybridized carbons (Fsp3) is 0.907. The van der Waals surface area contributed by atoms with Gasteiger partial charge in [-0.3, -0.25) is 14.1 Å². The van der Waals surface area contributed by atoms with Crippen molar-refractivity contribution >= 4 is 22.1 Å². The lowest BCUT2D eigenvalue weighted by Gasteiger charge is -2.40. The molecule has 330 valence electrons. The van der Waals surface area contributed by atoms with Gasteiger partial charge in [-0.15, -0.1) is 0 Å². The maximum Gasteiger partial charge on any atom is 0.306 e. The minimum Gasteiger partial charge on any atom is -0.462 e. The van der Waals surface area contributed by atoms with Crippen LogP contribution in [0.4, 0.5) is 0 Å². The average molecular weight is 821 g/mol. The van der Waals surface area contributed by atoms with Crippen LogP contribution in [-0.4, -0.2) is 96.0 Å². The summed E-state index contributed by atoms with van der Waals surface area (Å²) in [5, 5.41) is 30.8. The number of hydrogen-bond acceptors (Lipinski definition) is 11. The summed E-state index contributed by atoms with van der Waals surface area (Å²) in [5.74, 6) is -2.00. The van der Waals surface area contributed by atoms with E-state index in [0.29, 0.717) is 12.8 Å². The van der Waals surface area contributed by atoms with Gasteiger partial charge in [0.05, 0.1) is 6.61 Å². The molecule has 0 aromatic rings. The topological polar surface area (TPSA) is 186 Å². The molecule has 56 heavy (non-hydrogen) atoms. The molecule has 12 nitrogen and oxygen atoms in total. The van der Waals surface area contributed by atoms with Crippen molar-refractivity contribution < 1.29 is 56.8 Å². The number of aliphatic hydroxyl groups excluding tert-OH is 3. The number of unbranched alkanes of at least 4 members (excludes halogenated alkanes) is 23. The van der Waals surface area contributed by atoms with Crippen LogP contribution in [0.15, 0.2) is 12.2 Å². The molecule has 0 spiro atoms. The van der Waals surface area contributed by atoms with Crippen LogP contribution in [0.3, 0.4) is 0 Å². The van der Waals surface area contributed by atoms with Crippen molar-refractivity contribution in [1.29, 1.82) is 0 Å². The van der Waals surface area contributed by atoms with Crippen molar-refractivity contribution in [2.24, 2.45) is 0 Å². The summed E-state index contributed by atoms with van der Waals surface area (Å²) >= 11 is 0. The van der Waals surface area contributed by atoms with Crippen molar-refractivity contribution in [2.45, 2.75) is 230 Å². The van der Waals surface area contributed by atoms with Gasteiger partial charge in [0, 0.05) is 12.8 Å². The predicted molar refractivity (Wildman–Crippen MR) is 220 cm³/mol. The molecule has 1 rings (SSSR count). The SMILES string of the molecule is CCCCCCCCCCC/C=C/CCCCC(=O)OC[C@H](CO[C@H]1O[C@H](CS(=O)(=O)O)[C@@H](O)C(O)C1O)OC(=O)CCCCCCCCCCCCCCC. The molecule has 0 radical (unpaired) electrons. The third-order valence-corrected chi connectivity index (χ3v) is 11.1. The summed E-state index contributed by atoms with van der Waals surface area (Å²) in [4.78, 5) is 25.3. The first kappa shape index (κ1) is 52.4. The van der Waals surface area contributed by atoms with Crippen LogP contribution in [0.1, 0.15) is 194 Å². The van der Waals surface area contributed by atoms with E-state index in [9.17, 15) is 37.9 Å². The smallest absolute Gasteiger partial charge is 0.306 e. The molecular formula is C43H80O12S. The van der Waals surface area contributed by atoms with Gasteiger partial charge >= 0.3 is 11.9 Å². The Balaban J connectivity index is 2.46. The van der Waals surface area contributed by atoms with Crippen molar-refractivity contribution in [3.63, 3.8) is 0 Å². The Kier molecular flexibility index (Phi) is 32.1. The van der Waals surface area contributed by atoms with Crippen LogP contribution in [0.5, 0.6) is 0 Å². The first-order valence-corrected chi connectivity index (χ1v) is 23.9. The Morgan fingerprint density at radius 2 is 1.02 bits per heavy atom. The number of esters is 2. The lowest BCUT2D eigenvalue weighted by molar-refractivity contribution is -0.297. The number of hydrogen-bond donors (Lipinski definition) is 4. The summed E-state index contributed by atoms with van der Waals surface area (Å²) in [6, 6.07) is 0. The van der Waals surface area contributed by atoms with Crippen LogP contribution in [0.2, 0.25) is 0 Å². The third kappa shape index (κ3) is 28.7. The summed E-state index contributed by atoms with van der Waals surface area (Å²) in [6.07, 6.45) is 25.5. The molecule has 0 bridgehead atoms. The lowest BCUT2D eigenvalue weighted by atomic mass is 10.00. The van der Waals surface area contributed by atoms with Crippen LogP contribution in [0, 0.1) is 0 Å². The minimum absolute atomic E-state index is 0.165. The number of aliphatic hydroxyl groups is 3. The number of rotatable bonds is 37. The number of carbonyl (C=O) groups is 2. The van der Waals surface area contributed by atoms with Crippen LogP contribution in [-0.2, 0) is 38.7 Å². The molecule has 1 aliphatic rings. The number of allylic oxidation sites excluding steroid dienone is 2. The standard InChI is InChI=1S/C43H80O12S/c1-3-5-7-9-11-13-15-17-18-20-21-23-25-27-29-31-38(44)52-33-36(34-53-43-42(48)41(47)40(46)37(55-43)35-56(49,50)51)54-39(45)32-30-28-26-24-22-19-16-14-12-10-8-6-4-2/h21,23,36-37,40-43,46-48H,3-20,22,24-35H2,1-2H3,(H,49,50,51)/b23-21+/t36-,37-,40-,41?,42?,43+/m1/s1. The van der Waals surface area contributed by atoms with E-state index in [0.717, 1.165) is 38.5 Å². The molecule has 13 heteroatoms. The van der Waals surface area contributed by atoms with Gasteiger partial charge in [0.15, 0.2) is 12.4 Å². The Hall–Kier alpha value is -1.61. The van der Waals surface area contributed by atoms with Crippen LogP contribution < -0.4 is 0 Å². The fourth-order valence-electron chi connectivity index (χ4n) is 6.85. The van der Waals surface area contributed by atoms with E-state index in [1.807, 2.05) is 0 Å². The maximum absolute atomic E-state index is 12.8. The monoisotopic (exact) mass is 821 g/mol. The van der Waals surface area contributed by atoms with E-state index >= 15 is 0 Å². The van der Waals surface area contributed by atoms with Gasteiger partial charge in [0.2, 0.25) is 0 Å². The van der Waals surface area contributed by atoms with E-state index in [-0.39, 0.29) is 19.4 Å². The van der Waals surface area contributed by atoms with E-state index in [1.165, 1.54) is 116 Å². The Morgan fingerprint density at radius 1 is 0.589 bits per heavy atom. The molecule has 0 amide bonds. The summed E-state index contributed by atoms with van der Waals surface area (Å²) in [5.41, 5.74) is 0. The molecule has 0 saturated carbocycles. The summed E-state index contributed by atoms with van der Waals surface area (Å²) in [7, 11) is -4.60. The second-order valence-corrected chi connectivity index (χ2v) is 17.2. The van der Waals surface area contributed by atoms with Gasteiger partial charge in [-0.1, -0.05) is 154 Å². The number of ether oxygens (including phenoxy) is 4. The average Bonchev–Trinajstić information content (AvgIpc) is 3.16. The molecule has 2 unspecified atom stereocenters. The lowest BCUT2D eigenvalue weighted by Crippen LogP contribution is -2.60. The zero-order valence-electron chi connectivity index (χ0n) is 35.0. The highest BCUT2D eigenvalue weighted by atomic mass is 32.2. The van der Waals surface area contributed by atoms with E-state index in [4.69, 9.17) is 18.9 Å². The molecule has 1 saturated heterocycles. The van der Waals surface area contributed by atoms with Crippen molar-refractivity contribution in [3.8, 4) is 0 Å². The molecule has 1 heterocycles. The zero-order valence-corrected chi connectivity index (χ0v) is 35.8. The van der Waals surface area contributed by atoms with Crippen LogP contribution >= 0.6 is 0 Å². The van der Waals surface area contributed by atoms with E-state index in [2.05, 4.69) is 26.0 Å². The van der Waals surface area contributed by atoms with Gasteiger partial charge in [0.25, 0.3) is 10.1 Å². The summed E-state index contributed by atoms with van der Waals surface area (Å²) in [6.45, 7) is 3.74. The van der Waals surface area contributed by atoms with Gasteiger partial charge in [0.1, 0.15) is 36.8 Å². The Bertz CT molecular complexity index is 1100. The normalized spacial score (nSPS) is 20.7. The highest BCUT2D eigenvalue weighted by Crippen LogP contribution is 2.24. The van der Waals surface area contributed by atoms with Crippen LogP contribution in [0.25, 0.3) is 0 Å². The van der Waals surface area contributed by atoms with Gasteiger partial charge in [-0.05, 0) is 38.5 Å². The second-order valence-electron chi connectivity index (χ2n) is 15.7. The number of carbonyl (C=O) groups excluding carboxylic acids is 2. The highest BCUT2D eigenvalue weighted by molar-refractivity contribution is 7.85. The van der Waals surface area contributed by atoms with E-state index < -0.39 is 71.2 Å². The molecule has 6 atom stereocenters. The molecular weight excluding hydrogens is 741 g/mol. The van der Waals surface area contributed by atoms with Crippen molar-refractivity contribution in [3.05, 3.63) is 12.2 Å². The van der Waals surface area contributed by atoms with Crippen molar-refractivity contribution in [1.82, 2.24) is 0 Å². The molecule has 0 aromatic carbocycles. The Morgan fingerprint density at radius 3 is 1.52 bits per heavy atom. The quantitative estimate of drug-likeness (QED) is 0.0203. The highest BCUT2D eigenvalue weighted by Gasteiger charge is 2.46. The largest absolute Gasteiger partial charge is 0.462 e. The summed E-state index contributed by atoms with van der Waals surface area (Å²) < 4.78 is 54.0. The molecule has 4 N–H and O–H groups in total. The van der Waals surface area contributed by atoms with Crippen molar-refractivity contribution in [2.75, 3.05) is 19.0 Å². The minimum atomic E-state index is -4.60. The zero-order chi connectivity index (χ0) is 41.3. The maximum atomic E-state index is 12.8. The Labute approximate surface area is 339 Å². The molecule has 0 aliphatic carbocycles. The molecule has 1 fully saturated rings. The van der Waals surface area contributed by atoms with Gasteiger partial charge in [-0.25, -0.2) is 0 Å². The second kappa shape index (κ2) is 34.3.